The predicted octanol–water partition coefficient (Wildman–Crippen LogP) is 1.71. The van der Waals surface area contributed by atoms with Gasteiger partial charge >= 0.3 is 0 Å². The third-order valence-electron chi connectivity index (χ3n) is 4.49. The molecule has 0 aliphatic rings. The molecule has 0 N–H and O–H groups in total. The lowest BCUT2D eigenvalue weighted by Gasteiger charge is -2.19. The number of pyridine rings is 1. The van der Waals surface area contributed by atoms with Gasteiger partial charge in [0, 0.05) is 33.4 Å². The average molecular weight is 375 g/mol. The van der Waals surface area contributed by atoms with Gasteiger partial charge in [0.05, 0.1) is 13.2 Å². The van der Waals surface area contributed by atoms with Crippen molar-refractivity contribution in [3.8, 4) is 0 Å². The minimum Gasteiger partial charge on any atom is -0.383 e. The molecule has 8 heteroatoms. The first kappa shape index (κ1) is 20.8. The van der Waals surface area contributed by atoms with Crippen molar-refractivity contribution in [3.05, 3.63) is 45.9 Å². The van der Waals surface area contributed by atoms with Crippen LogP contribution in [0.2, 0.25) is 0 Å². The third kappa shape index (κ3) is 5.26. The molecule has 8 nitrogen and oxygen atoms in total. The molecule has 148 valence electrons. The number of rotatable bonds is 9. The van der Waals surface area contributed by atoms with Gasteiger partial charge < -0.3 is 18.8 Å². The highest BCUT2D eigenvalue weighted by Crippen LogP contribution is 2.10. The fraction of sp³-hybridized carbons (Fsp3) is 0.579. The van der Waals surface area contributed by atoms with E-state index < -0.39 is 0 Å². The van der Waals surface area contributed by atoms with Crippen LogP contribution >= 0.6 is 0 Å². The molecule has 0 aliphatic carbocycles. The molecule has 2 aromatic rings. The zero-order chi connectivity index (χ0) is 20.0. The molecule has 2 aromatic heterocycles. The van der Waals surface area contributed by atoms with Crippen molar-refractivity contribution in [2.24, 2.45) is 5.92 Å². The van der Waals surface area contributed by atoms with E-state index in [1.54, 1.807) is 38.2 Å². The maximum Gasteiger partial charge on any atom is 0.263 e. The molecular formula is C19H29N5O3. The second-order valence-electron chi connectivity index (χ2n) is 7.15. The van der Waals surface area contributed by atoms with Crippen LogP contribution in [0, 0.1) is 12.8 Å². The molecule has 0 spiro atoms. The van der Waals surface area contributed by atoms with Gasteiger partial charge in [0.1, 0.15) is 11.9 Å². The molecule has 0 bridgehead atoms. The van der Waals surface area contributed by atoms with Gasteiger partial charge in [-0.05, 0) is 30.9 Å². The van der Waals surface area contributed by atoms with Gasteiger partial charge in [0.15, 0.2) is 5.82 Å². The molecule has 0 radical (unpaired) electrons. The summed E-state index contributed by atoms with van der Waals surface area (Å²) in [6, 6.07) is 1.82. The average Bonchev–Trinajstić information content (AvgIpc) is 3.05. The van der Waals surface area contributed by atoms with Gasteiger partial charge in [-0.1, -0.05) is 13.8 Å². The smallest absolute Gasteiger partial charge is 0.263 e. The second kappa shape index (κ2) is 9.45. The first-order valence-electron chi connectivity index (χ1n) is 9.16. The SMILES string of the molecule is COCCn1cnnc1CN(C)C(=O)c1c(C)ccn(CCC(C)C)c1=O. The van der Waals surface area contributed by atoms with E-state index in [2.05, 4.69) is 24.0 Å². The van der Waals surface area contributed by atoms with E-state index in [0.29, 0.717) is 37.0 Å². The van der Waals surface area contributed by atoms with E-state index in [1.807, 2.05) is 10.6 Å². The standard InChI is InChI=1S/C19H29N5O3/c1-14(2)6-8-23-9-7-15(3)17(19(23)26)18(25)22(4)12-16-21-20-13-24(16)10-11-27-5/h7,9,13-14H,6,8,10-12H2,1-5H3. The fourth-order valence-corrected chi connectivity index (χ4v) is 2.75. The van der Waals surface area contributed by atoms with Gasteiger partial charge in [-0.25, -0.2) is 0 Å². The fourth-order valence-electron chi connectivity index (χ4n) is 2.75. The summed E-state index contributed by atoms with van der Waals surface area (Å²) in [4.78, 5) is 27.3. The lowest BCUT2D eigenvalue weighted by atomic mass is 10.1. The Morgan fingerprint density at radius 2 is 2.04 bits per heavy atom. The Hall–Kier alpha value is -2.48. The van der Waals surface area contributed by atoms with E-state index in [1.165, 1.54) is 4.90 Å². The number of amides is 1. The highest BCUT2D eigenvalue weighted by molar-refractivity contribution is 5.95. The highest BCUT2D eigenvalue weighted by Gasteiger charge is 2.21. The number of aromatic nitrogens is 4. The second-order valence-corrected chi connectivity index (χ2v) is 7.15. The van der Waals surface area contributed by atoms with E-state index in [0.717, 1.165) is 6.42 Å². The summed E-state index contributed by atoms with van der Waals surface area (Å²) >= 11 is 0. The number of ether oxygens (including phenoxy) is 1. The Labute approximate surface area is 159 Å². The number of nitrogens with zero attached hydrogens (tertiary/aromatic N) is 5. The molecule has 1 amide bonds. The quantitative estimate of drug-likeness (QED) is 0.666. The Bertz CT molecular complexity index is 825. The van der Waals surface area contributed by atoms with Gasteiger partial charge in [-0.3, -0.25) is 9.59 Å². The zero-order valence-electron chi connectivity index (χ0n) is 16.8. The predicted molar refractivity (Wildman–Crippen MR) is 103 cm³/mol. The monoisotopic (exact) mass is 375 g/mol. The Morgan fingerprint density at radius 3 is 2.70 bits per heavy atom. The summed E-state index contributed by atoms with van der Waals surface area (Å²) in [6.45, 7) is 8.01. The minimum atomic E-state index is -0.308. The summed E-state index contributed by atoms with van der Waals surface area (Å²) in [6.07, 6.45) is 4.26. The van der Waals surface area contributed by atoms with Crippen LogP contribution in [0.25, 0.3) is 0 Å². The van der Waals surface area contributed by atoms with Gasteiger partial charge in [0.25, 0.3) is 11.5 Å². The van der Waals surface area contributed by atoms with Crippen LogP contribution < -0.4 is 5.56 Å². The Morgan fingerprint density at radius 1 is 1.30 bits per heavy atom. The molecule has 0 aromatic carbocycles. The van der Waals surface area contributed by atoms with Crippen LogP contribution in [-0.4, -0.2) is 50.9 Å². The van der Waals surface area contributed by atoms with E-state index in [-0.39, 0.29) is 23.6 Å². The summed E-state index contributed by atoms with van der Waals surface area (Å²) in [7, 11) is 3.30. The van der Waals surface area contributed by atoms with Crippen molar-refractivity contribution >= 4 is 5.91 Å². The van der Waals surface area contributed by atoms with Crippen LogP contribution in [0.15, 0.2) is 23.4 Å². The van der Waals surface area contributed by atoms with E-state index >= 15 is 0 Å². The summed E-state index contributed by atoms with van der Waals surface area (Å²) < 4.78 is 8.53. The zero-order valence-corrected chi connectivity index (χ0v) is 16.8. The van der Waals surface area contributed by atoms with Gasteiger partial charge in [0.2, 0.25) is 0 Å². The van der Waals surface area contributed by atoms with E-state index in [9.17, 15) is 9.59 Å². The van der Waals surface area contributed by atoms with Gasteiger partial charge in [-0.15, -0.1) is 10.2 Å². The summed E-state index contributed by atoms with van der Waals surface area (Å²) in [5.74, 6) is 0.827. The lowest BCUT2D eigenvalue weighted by molar-refractivity contribution is 0.0776. The third-order valence-corrected chi connectivity index (χ3v) is 4.49. The van der Waals surface area contributed by atoms with Crippen LogP contribution in [0.4, 0.5) is 0 Å². The molecule has 2 rings (SSSR count). The number of hydrogen-bond donors (Lipinski definition) is 0. The highest BCUT2D eigenvalue weighted by atomic mass is 16.5. The largest absolute Gasteiger partial charge is 0.383 e. The number of hydrogen-bond acceptors (Lipinski definition) is 5. The molecule has 0 aliphatic heterocycles. The van der Waals surface area contributed by atoms with E-state index in [4.69, 9.17) is 4.74 Å². The number of aryl methyl sites for hydroxylation is 2. The summed E-state index contributed by atoms with van der Waals surface area (Å²) in [5, 5.41) is 7.98. The molecule has 0 saturated carbocycles. The molecule has 0 atom stereocenters. The maximum atomic E-state index is 13.0. The Kier molecular flexibility index (Phi) is 7.29. The van der Waals surface area contributed by atoms with Crippen molar-refractivity contribution in [1.82, 2.24) is 24.2 Å². The van der Waals surface area contributed by atoms with Crippen molar-refractivity contribution in [1.29, 1.82) is 0 Å². The van der Waals surface area contributed by atoms with Crippen molar-refractivity contribution in [3.63, 3.8) is 0 Å². The number of carbonyl (C=O) groups excluding carboxylic acids is 1. The minimum absolute atomic E-state index is 0.215. The number of methoxy groups -OCH3 is 1. The first-order valence-corrected chi connectivity index (χ1v) is 9.16. The lowest BCUT2D eigenvalue weighted by Crippen LogP contribution is -2.35. The topological polar surface area (TPSA) is 82.2 Å². The molecular weight excluding hydrogens is 346 g/mol. The Balaban J connectivity index is 2.20. The first-order chi connectivity index (χ1) is 12.8. The van der Waals surface area contributed by atoms with Crippen molar-refractivity contribution in [2.75, 3.05) is 20.8 Å². The molecule has 27 heavy (non-hydrogen) atoms. The van der Waals surface area contributed by atoms with Crippen LogP contribution in [0.3, 0.4) is 0 Å². The van der Waals surface area contributed by atoms with Crippen LogP contribution in [-0.2, 0) is 24.4 Å². The number of carbonyl (C=O) groups is 1. The van der Waals surface area contributed by atoms with Crippen LogP contribution in [0.1, 0.15) is 42.0 Å². The molecule has 2 heterocycles. The van der Waals surface area contributed by atoms with Crippen molar-refractivity contribution in [2.45, 2.75) is 46.8 Å². The van der Waals surface area contributed by atoms with Crippen LogP contribution in [0.5, 0.6) is 0 Å². The van der Waals surface area contributed by atoms with Gasteiger partial charge in [-0.2, -0.15) is 0 Å². The molecule has 0 unspecified atom stereocenters. The molecule has 0 saturated heterocycles. The summed E-state index contributed by atoms with van der Waals surface area (Å²) in [5.41, 5.74) is 0.651. The molecule has 0 fully saturated rings. The maximum absolute atomic E-state index is 13.0. The normalized spacial score (nSPS) is 11.2. The van der Waals surface area contributed by atoms with Crippen molar-refractivity contribution < 1.29 is 9.53 Å².